The summed E-state index contributed by atoms with van der Waals surface area (Å²) < 4.78 is 0. The molecule has 0 aromatic carbocycles. The zero-order valence-corrected chi connectivity index (χ0v) is 77.0. The number of amides is 8. The number of hydrogen-bond acceptors (Lipinski definition) is 36. The summed E-state index contributed by atoms with van der Waals surface area (Å²) in [5.41, 5.74) is -1.86. The molecule has 56 heteroatoms. The van der Waals surface area contributed by atoms with Gasteiger partial charge >= 0.3 is 71.6 Å². The van der Waals surface area contributed by atoms with E-state index in [4.69, 9.17) is 5.11 Å². The zero-order valence-electron chi connectivity index (χ0n) is 77.0. The van der Waals surface area contributed by atoms with Crippen LogP contribution in [0.4, 0.5) is 0 Å². The molecular formula is C79H138N24O32. The second-order valence-electron chi connectivity index (χ2n) is 33.2. The van der Waals surface area contributed by atoms with Gasteiger partial charge in [-0.05, 0) is 27.7 Å². The van der Waals surface area contributed by atoms with Crippen LogP contribution in [0.3, 0.4) is 0 Å². The third-order valence-electron chi connectivity index (χ3n) is 22.6. The van der Waals surface area contributed by atoms with Crippen molar-refractivity contribution in [2.45, 2.75) is 51.9 Å². The van der Waals surface area contributed by atoms with Crippen molar-refractivity contribution in [2.24, 2.45) is 5.41 Å². The Hall–Kier alpha value is -11.2. The lowest BCUT2D eigenvalue weighted by Crippen LogP contribution is -2.59. The highest BCUT2D eigenvalue weighted by molar-refractivity contribution is 5.90. The lowest BCUT2D eigenvalue weighted by atomic mass is 9.86. The Morgan fingerprint density at radius 3 is 0.644 bits per heavy atom. The summed E-state index contributed by atoms with van der Waals surface area (Å²) >= 11 is 0. The monoisotopic (exact) mass is 1930 g/mol. The van der Waals surface area contributed by atoms with Gasteiger partial charge in [0.1, 0.15) is 0 Å². The van der Waals surface area contributed by atoms with E-state index >= 15 is 0 Å². The van der Waals surface area contributed by atoms with Gasteiger partial charge in [0.25, 0.3) is 0 Å². The highest BCUT2D eigenvalue weighted by Gasteiger charge is 2.36. The molecule has 0 radical (unpaired) electrons. The van der Waals surface area contributed by atoms with Gasteiger partial charge in [-0.3, -0.25) is 164 Å². The zero-order chi connectivity index (χ0) is 101. The van der Waals surface area contributed by atoms with Gasteiger partial charge in [0.05, 0.1) is 129 Å². The minimum absolute atomic E-state index is 0.00584. The van der Waals surface area contributed by atoms with E-state index in [0.29, 0.717) is 0 Å². The fourth-order valence-corrected chi connectivity index (χ4v) is 14.7. The van der Waals surface area contributed by atoms with E-state index in [0.717, 1.165) is 0 Å². The van der Waals surface area contributed by atoms with E-state index in [-0.39, 0.29) is 196 Å². The molecule has 56 nitrogen and oxygen atoms in total. The number of rotatable bonds is 57. The summed E-state index contributed by atoms with van der Waals surface area (Å²) in [6, 6.07) is -4.47. The molecule has 0 unspecified atom stereocenters. The van der Waals surface area contributed by atoms with E-state index < -0.39 is 279 Å². The number of nitrogens with one attached hydrogen (secondary N) is 10. The smallest absolute Gasteiger partial charge is 0.317 e. The summed E-state index contributed by atoms with van der Waals surface area (Å²) in [6.07, 6.45) is 0. The molecule has 3 rings (SSSR count). The average Bonchev–Trinajstić information content (AvgIpc) is 0.802. The molecule has 3 aliphatic heterocycles. The Bertz CT molecular complexity index is 3510. The predicted octanol–water partition coefficient (Wildman–Crippen LogP) is -14.1. The van der Waals surface area contributed by atoms with E-state index in [1.165, 1.54) is 81.6 Å². The molecule has 135 heavy (non-hydrogen) atoms. The van der Waals surface area contributed by atoms with Crippen LogP contribution < -0.4 is 53.2 Å². The maximum absolute atomic E-state index is 14.4. The van der Waals surface area contributed by atoms with Crippen LogP contribution in [0.2, 0.25) is 0 Å². The Labute approximate surface area is 779 Å². The van der Waals surface area contributed by atoms with Crippen molar-refractivity contribution >= 4 is 119 Å². The SMILES string of the molecule is C[C@H](NCCN(CCN(CCNCC(=O)O)CC(=O)O)CC(=O)O)C(=O)NCC(=O)NCC(CNC(=O)CNC(=O)[C@H](C)N1CCN(CC(=O)O)CCN(CC(=O)O)CCN(CC(=O)O)CC1)(CNC(=O)CNC(=O)[C@H](C)N1CCN(CC(=O)O)CCN(CC(=O)O)CCN(CC(=O)O)CC1)CNC(=O)CNC(=O)[C@H](C)N1CCN(CC(=O)O)CCN(CC(=O)O)CCN(CC(=O)O)CC1. The van der Waals surface area contributed by atoms with Gasteiger partial charge in [-0.15, -0.1) is 0 Å². The van der Waals surface area contributed by atoms with Gasteiger partial charge < -0.3 is 114 Å². The van der Waals surface area contributed by atoms with Crippen LogP contribution in [-0.2, 0) is 95.9 Å². The van der Waals surface area contributed by atoms with Crippen molar-refractivity contribution in [3.8, 4) is 0 Å². The van der Waals surface area contributed by atoms with E-state index in [1.54, 1.807) is 14.7 Å². The predicted molar refractivity (Wildman–Crippen MR) is 472 cm³/mol. The molecule has 0 saturated carbocycles. The van der Waals surface area contributed by atoms with Crippen molar-refractivity contribution in [2.75, 3.05) is 327 Å². The number of hydrogen-bond donors (Lipinski definition) is 22. The molecule has 22 N–H and O–H groups in total. The first-order chi connectivity index (χ1) is 63.7. The quantitative estimate of drug-likeness (QED) is 0.0251. The maximum atomic E-state index is 14.4. The van der Waals surface area contributed by atoms with Crippen molar-refractivity contribution in [1.29, 1.82) is 0 Å². The molecule has 3 heterocycles. The molecular weight excluding hydrogens is 1800 g/mol. The summed E-state index contributed by atoms with van der Waals surface area (Å²) in [5, 5.41) is 142. The molecule has 766 valence electrons. The van der Waals surface area contributed by atoms with Crippen LogP contribution in [-0.4, -0.2) is 600 Å². The molecule has 0 spiro atoms. The molecule has 3 aliphatic rings. The van der Waals surface area contributed by atoms with E-state index in [2.05, 4.69) is 53.2 Å². The largest absolute Gasteiger partial charge is 0.480 e. The van der Waals surface area contributed by atoms with Gasteiger partial charge in [0.2, 0.25) is 47.3 Å². The average molecular weight is 1940 g/mol. The van der Waals surface area contributed by atoms with Crippen LogP contribution in [0.25, 0.3) is 0 Å². The van der Waals surface area contributed by atoms with Gasteiger partial charge in [0, 0.05) is 228 Å². The van der Waals surface area contributed by atoms with Gasteiger partial charge in [-0.1, -0.05) is 0 Å². The van der Waals surface area contributed by atoms with Gasteiger partial charge in [-0.2, -0.15) is 0 Å². The Balaban J connectivity index is 2.14. The Morgan fingerprint density at radius 1 is 0.244 bits per heavy atom. The third kappa shape index (κ3) is 53.6. The summed E-state index contributed by atoms with van der Waals surface area (Å²) in [4.78, 5) is 278. The topological polar surface area (TPSA) is 750 Å². The van der Waals surface area contributed by atoms with Crippen LogP contribution in [0, 0.1) is 5.41 Å². The Kier molecular flexibility index (Phi) is 55.8. The van der Waals surface area contributed by atoms with Crippen LogP contribution in [0.1, 0.15) is 27.7 Å². The minimum Gasteiger partial charge on any atom is -0.480 e. The van der Waals surface area contributed by atoms with Crippen LogP contribution >= 0.6 is 0 Å². The van der Waals surface area contributed by atoms with Crippen molar-refractivity contribution in [1.82, 2.24) is 122 Å². The number of carbonyl (C=O) groups is 20. The first kappa shape index (κ1) is 118. The molecule has 0 aromatic heterocycles. The Morgan fingerprint density at radius 2 is 0.444 bits per heavy atom. The first-order valence-electron chi connectivity index (χ1n) is 44.1. The van der Waals surface area contributed by atoms with Crippen molar-refractivity contribution in [3.05, 3.63) is 0 Å². The highest BCUT2D eigenvalue weighted by atomic mass is 16.4. The van der Waals surface area contributed by atoms with Crippen LogP contribution in [0.5, 0.6) is 0 Å². The fraction of sp³-hybridized carbons (Fsp3) is 0.747. The molecule has 0 aliphatic carbocycles. The van der Waals surface area contributed by atoms with Crippen molar-refractivity contribution < 1.29 is 157 Å². The molecule has 4 atom stereocenters. The highest BCUT2D eigenvalue weighted by Crippen LogP contribution is 2.16. The van der Waals surface area contributed by atoms with Gasteiger partial charge in [-0.25, -0.2) is 0 Å². The van der Waals surface area contributed by atoms with Gasteiger partial charge in [0.15, 0.2) is 0 Å². The second-order valence-corrected chi connectivity index (χ2v) is 33.2. The lowest BCUT2D eigenvalue weighted by Gasteiger charge is -2.35. The van der Waals surface area contributed by atoms with Crippen molar-refractivity contribution in [3.63, 3.8) is 0 Å². The first-order valence-corrected chi connectivity index (χ1v) is 44.1. The molecule has 8 amide bonds. The number of nitrogens with zero attached hydrogens (tertiary/aromatic N) is 14. The van der Waals surface area contributed by atoms with Crippen LogP contribution in [0.15, 0.2) is 0 Å². The summed E-state index contributed by atoms with van der Waals surface area (Å²) in [7, 11) is 0. The number of carboxylic acid groups (broad SMARTS) is 12. The fourth-order valence-electron chi connectivity index (χ4n) is 14.7. The normalized spacial score (nSPS) is 17.6. The summed E-state index contributed by atoms with van der Waals surface area (Å²) in [6.45, 7) is -4.82. The maximum Gasteiger partial charge on any atom is 0.317 e. The van der Waals surface area contributed by atoms with E-state index in [9.17, 15) is 152 Å². The number of carbonyl (C=O) groups excluding carboxylic acids is 8. The lowest BCUT2D eigenvalue weighted by molar-refractivity contribution is -0.141. The molecule has 0 bridgehead atoms. The molecule has 0 aromatic rings. The van der Waals surface area contributed by atoms with E-state index in [1.807, 2.05) is 0 Å². The molecule has 3 fully saturated rings. The minimum atomic E-state index is -1.86. The third-order valence-corrected chi connectivity index (χ3v) is 22.6. The number of aliphatic carboxylic acids is 12. The summed E-state index contributed by atoms with van der Waals surface area (Å²) in [5.74, 6) is -21.3. The number of carboxylic acids is 12. The molecule has 3 saturated heterocycles. The standard InChI is InChI=1S/C79H138N24O32/c1-55(81-6-8-91(41-65(112)113)10-9-90(40-64(110)111)7-5-80-39-63(108)109)75(132)82-35-59(104)86-51-79(52-87-60(105)36-83-76(133)56(2)101-29-23-95(45-69(120)121)17-11-92(42-66(114)115)12-18-96(24-30-101)46-70(122)123,53-88-61(106)37-84-77(134)57(3)102-31-25-97(47-71(124)125)19-13-93(43-67(116)117)14-20-98(26-32-102)48-72(126)127)54-89-62(107)38-85-78(135)58(4)103-33-27-99(49-73(128)129)21-15-94(44-68(118)119)16-22-100(28-34-103)50-74(130)131/h55-58,80-81H,5-54H2,1-4H3,(H,82,132)(H,83,133)(H,84,134)(H,85,135)(H,86,104)(H,87,105)(H,88,106)(H,89,107)(H,108,109)(H,110,111)(H,112,113)(H,114,115)(H,116,117)(H,118,119)(H,120,121)(H,122,123)(H,124,125)(H,126,127)(H,128,129)(H,130,131)/t55-,56-,57-,58-/m0/s1. The second kappa shape index (κ2) is 63.9.